The van der Waals surface area contributed by atoms with Crippen molar-refractivity contribution in [3.63, 3.8) is 0 Å². The molecule has 0 fully saturated rings. The van der Waals surface area contributed by atoms with Crippen LogP contribution in [0.3, 0.4) is 0 Å². The largest absolute Gasteiger partial charge is 0.487 e. The summed E-state index contributed by atoms with van der Waals surface area (Å²) in [4.78, 5) is 0. The first-order chi connectivity index (χ1) is 9.36. The van der Waals surface area contributed by atoms with E-state index in [-0.39, 0.29) is 6.61 Å². The van der Waals surface area contributed by atoms with E-state index in [1.54, 1.807) is 18.2 Å². The van der Waals surface area contributed by atoms with Crippen molar-refractivity contribution in [1.82, 2.24) is 0 Å². The summed E-state index contributed by atoms with van der Waals surface area (Å²) < 4.78 is 42.7. The van der Waals surface area contributed by atoms with Crippen molar-refractivity contribution in [3.8, 4) is 5.75 Å². The SMILES string of the molecule is Nc1ccc(Cl)cc1OCc1ccc(C(F)(F)F)cc1. The Morgan fingerprint density at radius 2 is 1.70 bits per heavy atom. The molecule has 2 aromatic rings. The van der Waals surface area contributed by atoms with E-state index >= 15 is 0 Å². The van der Waals surface area contributed by atoms with E-state index in [4.69, 9.17) is 22.1 Å². The van der Waals surface area contributed by atoms with Crippen LogP contribution in [0.15, 0.2) is 42.5 Å². The molecule has 6 heteroatoms. The standard InChI is InChI=1S/C14H11ClF3NO/c15-11-5-6-12(19)13(7-11)20-8-9-1-3-10(4-2-9)14(16,17)18/h1-7H,8,19H2. The zero-order valence-electron chi connectivity index (χ0n) is 10.2. The Bertz CT molecular complexity index is 596. The molecule has 0 amide bonds. The molecule has 0 saturated carbocycles. The predicted molar refractivity (Wildman–Crippen MR) is 71.6 cm³/mol. The van der Waals surface area contributed by atoms with Crippen LogP contribution in [0.5, 0.6) is 5.75 Å². The molecule has 2 aromatic carbocycles. The highest BCUT2D eigenvalue weighted by Crippen LogP contribution is 2.30. The normalized spacial score (nSPS) is 11.4. The summed E-state index contributed by atoms with van der Waals surface area (Å²) in [6.45, 7) is 0.114. The van der Waals surface area contributed by atoms with Gasteiger partial charge in [-0.3, -0.25) is 0 Å². The van der Waals surface area contributed by atoms with E-state index in [2.05, 4.69) is 0 Å². The third-order valence-corrected chi connectivity index (χ3v) is 2.89. The van der Waals surface area contributed by atoms with Crippen LogP contribution < -0.4 is 10.5 Å². The van der Waals surface area contributed by atoms with E-state index in [0.29, 0.717) is 22.0 Å². The van der Waals surface area contributed by atoms with Crippen LogP contribution in [0.25, 0.3) is 0 Å². The van der Waals surface area contributed by atoms with Crippen LogP contribution in [-0.2, 0) is 12.8 Å². The Morgan fingerprint density at radius 1 is 1.05 bits per heavy atom. The topological polar surface area (TPSA) is 35.2 Å². The first kappa shape index (κ1) is 14.5. The lowest BCUT2D eigenvalue weighted by atomic mass is 10.1. The molecule has 106 valence electrons. The molecule has 0 saturated heterocycles. The summed E-state index contributed by atoms with van der Waals surface area (Å²) in [7, 11) is 0. The third-order valence-electron chi connectivity index (χ3n) is 2.65. The smallest absolute Gasteiger partial charge is 0.416 e. The van der Waals surface area contributed by atoms with E-state index in [1.165, 1.54) is 12.1 Å². The molecule has 0 spiro atoms. The van der Waals surface area contributed by atoms with Crippen molar-refractivity contribution >= 4 is 17.3 Å². The van der Waals surface area contributed by atoms with Gasteiger partial charge >= 0.3 is 6.18 Å². The Kier molecular flexibility index (Phi) is 4.09. The average Bonchev–Trinajstić information content (AvgIpc) is 2.39. The number of anilines is 1. The van der Waals surface area contributed by atoms with Gasteiger partial charge in [0.2, 0.25) is 0 Å². The average molecular weight is 302 g/mol. The number of nitrogen functional groups attached to an aromatic ring is 1. The molecule has 0 aliphatic carbocycles. The van der Waals surface area contributed by atoms with Crippen LogP contribution in [0.1, 0.15) is 11.1 Å². The minimum absolute atomic E-state index is 0.114. The van der Waals surface area contributed by atoms with E-state index in [1.807, 2.05) is 0 Å². The zero-order valence-corrected chi connectivity index (χ0v) is 11.0. The number of hydrogen-bond acceptors (Lipinski definition) is 2. The van der Waals surface area contributed by atoms with Gasteiger partial charge in [-0.2, -0.15) is 13.2 Å². The number of hydrogen-bond donors (Lipinski definition) is 1. The molecule has 2 rings (SSSR count). The maximum Gasteiger partial charge on any atom is 0.416 e. The summed E-state index contributed by atoms with van der Waals surface area (Å²) in [5, 5.41) is 0.474. The van der Waals surface area contributed by atoms with Crippen molar-refractivity contribution in [2.24, 2.45) is 0 Å². The molecular formula is C14H11ClF3NO. The third kappa shape index (κ3) is 3.57. The summed E-state index contributed by atoms with van der Waals surface area (Å²) in [6, 6.07) is 9.54. The maximum atomic E-state index is 12.4. The van der Waals surface area contributed by atoms with Crippen LogP contribution in [0.4, 0.5) is 18.9 Å². The fourth-order valence-corrected chi connectivity index (χ4v) is 1.75. The summed E-state index contributed by atoms with van der Waals surface area (Å²) in [5.41, 5.74) is 6.04. The van der Waals surface area contributed by atoms with Gasteiger partial charge in [0.1, 0.15) is 12.4 Å². The number of benzene rings is 2. The molecule has 2 N–H and O–H groups in total. The van der Waals surface area contributed by atoms with Gasteiger partial charge < -0.3 is 10.5 Å². The van der Waals surface area contributed by atoms with E-state index < -0.39 is 11.7 Å². The number of ether oxygens (including phenoxy) is 1. The molecule has 0 radical (unpaired) electrons. The number of halogens is 4. The Labute approximate surface area is 118 Å². The lowest BCUT2D eigenvalue weighted by Crippen LogP contribution is -2.05. The quantitative estimate of drug-likeness (QED) is 0.846. The second-order valence-electron chi connectivity index (χ2n) is 4.17. The highest BCUT2D eigenvalue weighted by molar-refractivity contribution is 6.30. The second kappa shape index (κ2) is 5.63. The number of alkyl halides is 3. The van der Waals surface area contributed by atoms with Gasteiger partial charge in [-0.25, -0.2) is 0 Å². The molecule has 0 aliphatic rings. The van der Waals surface area contributed by atoms with Crippen molar-refractivity contribution in [3.05, 3.63) is 58.6 Å². The van der Waals surface area contributed by atoms with Crippen LogP contribution in [0.2, 0.25) is 5.02 Å². The monoisotopic (exact) mass is 301 g/mol. The van der Waals surface area contributed by atoms with Gasteiger partial charge in [0.25, 0.3) is 0 Å². The van der Waals surface area contributed by atoms with Gasteiger partial charge in [-0.05, 0) is 29.8 Å². The van der Waals surface area contributed by atoms with Crippen molar-refractivity contribution in [2.75, 3.05) is 5.73 Å². The van der Waals surface area contributed by atoms with Gasteiger partial charge in [0, 0.05) is 11.1 Å². The van der Waals surface area contributed by atoms with Gasteiger partial charge in [0.15, 0.2) is 0 Å². The first-order valence-electron chi connectivity index (χ1n) is 5.70. The first-order valence-corrected chi connectivity index (χ1v) is 6.08. The molecule has 0 bridgehead atoms. The van der Waals surface area contributed by atoms with Crippen LogP contribution >= 0.6 is 11.6 Å². The summed E-state index contributed by atoms with van der Waals surface area (Å²) in [6.07, 6.45) is -4.34. The fraction of sp³-hybridized carbons (Fsp3) is 0.143. The van der Waals surface area contributed by atoms with Crippen molar-refractivity contribution in [1.29, 1.82) is 0 Å². The van der Waals surface area contributed by atoms with Gasteiger partial charge in [-0.15, -0.1) is 0 Å². The minimum Gasteiger partial charge on any atom is -0.487 e. The molecule has 20 heavy (non-hydrogen) atoms. The van der Waals surface area contributed by atoms with Crippen LogP contribution in [-0.4, -0.2) is 0 Å². The highest BCUT2D eigenvalue weighted by Gasteiger charge is 2.29. The Hall–Kier alpha value is -1.88. The van der Waals surface area contributed by atoms with Crippen molar-refractivity contribution < 1.29 is 17.9 Å². The Morgan fingerprint density at radius 3 is 2.30 bits per heavy atom. The molecule has 0 heterocycles. The molecule has 0 aliphatic heterocycles. The van der Waals surface area contributed by atoms with Crippen LogP contribution in [0, 0.1) is 0 Å². The molecule has 2 nitrogen and oxygen atoms in total. The van der Waals surface area contributed by atoms with Crippen molar-refractivity contribution in [2.45, 2.75) is 12.8 Å². The van der Waals surface area contributed by atoms with Gasteiger partial charge in [0.05, 0.1) is 11.3 Å². The highest BCUT2D eigenvalue weighted by atomic mass is 35.5. The zero-order chi connectivity index (χ0) is 14.8. The lowest BCUT2D eigenvalue weighted by Gasteiger charge is -2.10. The van der Waals surface area contributed by atoms with E-state index in [0.717, 1.165) is 12.1 Å². The molecule has 0 aromatic heterocycles. The maximum absolute atomic E-state index is 12.4. The molecule has 0 unspecified atom stereocenters. The summed E-state index contributed by atoms with van der Waals surface area (Å²) >= 11 is 5.81. The second-order valence-corrected chi connectivity index (χ2v) is 4.60. The molecular weight excluding hydrogens is 291 g/mol. The number of rotatable bonds is 3. The lowest BCUT2D eigenvalue weighted by molar-refractivity contribution is -0.137. The van der Waals surface area contributed by atoms with E-state index in [9.17, 15) is 13.2 Å². The number of nitrogens with two attached hydrogens (primary N) is 1. The fourth-order valence-electron chi connectivity index (χ4n) is 1.58. The van der Waals surface area contributed by atoms with Gasteiger partial charge in [-0.1, -0.05) is 23.7 Å². The predicted octanol–water partition coefficient (Wildman–Crippen LogP) is 4.52. The summed E-state index contributed by atoms with van der Waals surface area (Å²) in [5.74, 6) is 0.400. The molecule has 0 atom stereocenters. The minimum atomic E-state index is -4.34. The Balaban J connectivity index is 2.06.